The summed E-state index contributed by atoms with van der Waals surface area (Å²) >= 11 is 0. The summed E-state index contributed by atoms with van der Waals surface area (Å²) in [6.07, 6.45) is -9.42. The van der Waals surface area contributed by atoms with Crippen LogP contribution in [0.5, 0.6) is 5.75 Å². The number of alkyl halides is 6. The fourth-order valence-corrected chi connectivity index (χ4v) is 6.14. The molecule has 0 radical (unpaired) electrons. The molecule has 0 saturated carbocycles. The maximum atomic E-state index is 15.0. The minimum absolute atomic E-state index is 0.0236. The summed E-state index contributed by atoms with van der Waals surface area (Å²) in [6, 6.07) is 13.2. The maximum absolute atomic E-state index is 15.0. The van der Waals surface area contributed by atoms with E-state index in [-0.39, 0.29) is 37.6 Å². The van der Waals surface area contributed by atoms with Gasteiger partial charge in [0.25, 0.3) is 5.56 Å². The molecule has 1 fully saturated rings. The van der Waals surface area contributed by atoms with Gasteiger partial charge in [-0.3, -0.25) is 18.8 Å². The lowest BCUT2D eigenvalue weighted by atomic mass is 10.1. The standard InChI is InChI=1S/C34H34F7N5O3/c1-21-30(44-15-13-43(14-16-44)18-22-7-5-8-23(17-22)33(36,37)38)31(47)46(20-28(42)24-9-3-4-12-29(24)49-2)32(48)45(21)19-25-26(34(39,40)41)10-6-11-27(25)35/h3-12,17,28H,13-16,18-20,42H2,1-2H3. The van der Waals surface area contributed by atoms with E-state index in [0.29, 0.717) is 30.0 Å². The second kappa shape index (κ2) is 14.1. The van der Waals surface area contributed by atoms with Gasteiger partial charge in [-0.15, -0.1) is 0 Å². The molecule has 1 atom stereocenters. The Morgan fingerprint density at radius 1 is 0.837 bits per heavy atom. The smallest absolute Gasteiger partial charge is 0.416 e. The molecule has 15 heteroatoms. The van der Waals surface area contributed by atoms with Crippen LogP contribution in [0.4, 0.5) is 36.4 Å². The van der Waals surface area contributed by atoms with Gasteiger partial charge in [0.1, 0.15) is 17.3 Å². The van der Waals surface area contributed by atoms with Gasteiger partial charge >= 0.3 is 18.0 Å². The number of methoxy groups -OCH3 is 1. The van der Waals surface area contributed by atoms with Crippen molar-refractivity contribution in [3.63, 3.8) is 0 Å². The Hall–Kier alpha value is -4.63. The fourth-order valence-electron chi connectivity index (χ4n) is 6.14. The van der Waals surface area contributed by atoms with Gasteiger partial charge in [-0.2, -0.15) is 26.3 Å². The molecule has 0 amide bonds. The molecule has 4 aromatic rings. The van der Waals surface area contributed by atoms with E-state index in [4.69, 9.17) is 10.5 Å². The van der Waals surface area contributed by atoms with Gasteiger partial charge < -0.3 is 15.4 Å². The van der Waals surface area contributed by atoms with Crippen molar-refractivity contribution < 1.29 is 35.5 Å². The predicted molar refractivity (Wildman–Crippen MR) is 169 cm³/mol. The maximum Gasteiger partial charge on any atom is 0.416 e. The van der Waals surface area contributed by atoms with Crippen molar-refractivity contribution in [3.05, 3.63) is 127 Å². The molecule has 5 rings (SSSR count). The minimum Gasteiger partial charge on any atom is -0.496 e. The van der Waals surface area contributed by atoms with Gasteiger partial charge in [0, 0.05) is 49.5 Å². The number of aromatic nitrogens is 2. The average molecular weight is 694 g/mol. The Morgan fingerprint density at radius 3 is 2.16 bits per heavy atom. The highest BCUT2D eigenvalue weighted by Gasteiger charge is 2.35. The van der Waals surface area contributed by atoms with Crippen LogP contribution in [0.25, 0.3) is 0 Å². The lowest BCUT2D eigenvalue weighted by molar-refractivity contribution is -0.139. The van der Waals surface area contributed by atoms with E-state index in [1.54, 1.807) is 35.2 Å². The lowest BCUT2D eigenvalue weighted by Gasteiger charge is -2.37. The largest absolute Gasteiger partial charge is 0.496 e. The number of anilines is 1. The zero-order chi connectivity index (χ0) is 35.7. The Balaban J connectivity index is 1.53. The number of nitrogens with zero attached hydrogens (tertiary/aromatic N) is 4. The highest BCUT2D eigenvalue weighted by molar-refractivity contribution is 5.50. The molecule has 1 aliphatic heterocycles. The molecule has 1 aromatic heterocycles. The van der Waals surface area contributed by atoms with Crippen LogP contribution in [-0.4, -0.2) is 47.3 Å². The van der Waals surface area contributed by atoms with Crippen LogP contribution >= 0.6 is 0 Å². The monoisotopic (exact) mass is 693 g/mol. The summed E-state index contributed by atoms with van der Waals surface area (Å²) in [5, 5.41) is 0. The van der Waals surface area contributed by atoms with Crippen molar-refractivity contribution in [3.8, 4) is 5.75 Å². The molecule has 8 nitrogen and oxygen atoms in total. The number of hydrogen-bond acceptors (Lipinski definition) is 6. The van der Waals surface area contributed by atoms with Crippen LogP contribution in [-0.2, 0) is 32.0 Å². The average Bonchev–Trinajstić information content (AvgIpc) is 3.05. The zero-order valence-electron chi connectivity index (χ0n) is 26.6. The highest BCUT2D eigenvalue weighted by Crippen LogP contribution is 2.34. The number of nitrogens with two attached hydrogens (primary N) is 1. The van der Waals surface area contributed by atoms with Crippen molar-refractivity contribution in [2.75, 3.05) is 38.2 Å². The first kappa shape index (κ1) is 35.7. The zero-order valence-corrected chi connectivity index (χ0v) is 26.6. The van der Waals surface area contributed by atoms with Crippen LogP contribution < -0.4 is 26.6 Å². The number of piperazine rings is 1. The van der Waals surface area contributed by atoms with Crippen molar-refractivity contribution in [2.24, 2.45) is 5.73 Å². The molecule has 1 aliphatic rings. The number of benzene rings is 3. The number of hydrogen-bond donors (Lipinski definition) is 1. The third kappa shape index (κ3) is 7.67. The molecule has 0 bridgehead atoms. The van der Waals surface area contributed by atoms with E-state index in [9.17, 15) is 40.3 Å². The van der Waals surface area contributed by atoms with E-state index >= 15 is 0 Å². The third-order valence-corrected chi connectivity index (χ3v) is 8.66. The second-order valence-electron chi connectivity index (χ2n) is 11.8. The van der Waals surface area contributed by atoms with E-state index < -0.39 is 58.7 Å². The van der Waals surface area contributed by atoms with Gasteiger partial charge in [-0.1, -0.05) is 42.5 Å². The van der Waals surface area contributed by atoms with Crippen molar-refractivity contribution >= 4 is 5.69 Å². The van der Waals surface area contributed by atoms with E-state index in [0.717, 1.165) is 39.5 Å². The minimum atomic E-state index is -4.92. The number of ether oxygens (including phenoxy) is 1. The Morgan fingerprint density at radius 2 is 1.51 bits per heavy atom. The number of halogens is 7. The normalized spacial score (nSPS) is 15.0. The third-order valence-electron chi connectivity index (χ3n) is 8.66. The predicted octanol–water partition coefficient (Wildman–Crippen LogP) is 5.57. The van der Waals surface area contributed by atoms with Crippen LogP contribution in [0.15, 0.2) is 76.3 Å². The molecular weight excluding hydrogens is 659 g/mol. The van der Waals surface area contributed by atoms with Crippen LogP contribution in [0.3, 0.4) is 0 Å². The summed E-state index contributed by atoms with van der Waals surface area (Å²) in [7, 11) is 1.42. The number of rotatable bonds is 9. The van der Waals surface area contributed by atoms with Crippen molar-refractivity contribution in [2.45, 2.75) is 45.0 Å². The Bertz CT molecular complexity index is 1930. The van der Waals surface area contributed by atoms with Crippen LogP contribution in [0, 0.1) is 12.7 Å². The summed E-state index contributed by atoms with van der Waals surface area (Å²) in [4.78, 5) is 31.6. The molecular formula is C34H34F7N5O3. The molecule has 2 N–H and O–H groups in total. The Labute approximate surface area is 276 Å². The van der Waals surface area contributed by atoms with Crippen LogP contribution in [0.2, 0.25) is 0 Å². The summed E-state index contributed by atoms with van der Waals surface area (Å²) < 4.78 is 104. The molecule has 262 valence electrons. The van der Waals surface area contributed by atoms with Gasteiger partial charge in [-0.25, -0.2) is 9.18 Å². The molecule has 0 spiro atoms. The molecule has 49 heavy (non-hydrogen) atoms. The molecule has 0 aliphatic carbocycles. The highest BCUT2D eigenvalue weighted by atomic mass is 19.4. The lowest BCUT2D eigenvalue weighted by Crippen LogP contribution is -2.51. The van der Waals surface area contributed by atoms with E-state index in [1.165, 1.54) is 20.1 Å². The van der Waals surface area contributed by atoms with E-state index in [2.05, 4.69) is 0 Å². The van der Waals surface area contributed by atoms with Crippen molar-refractivity contribution in [1.29, 1.82) is 0 Å². The van der Waals surface area contributed by atoms with E-state index in [1.807, 2.05) is 4.90 Å². The first-order chi connectivity index (χ1) is 23.1. The van der Waals surface area contributed by atoms with Gasteiger partial charge in [0.15, 0.2) is 0 Å². The molecule has 1 unspecified atom stereocenters. The molecule has 3 aromatic carbocycles. The first-order valence-electron chi connectivity index (χ1n) is 15.3. The molecule has 1 saturated heterocycles. The van der Waals surface area contributed by atoms with Gasteiger partial charge in [0.2, 0.25) is 0 Å². The summed E-state index contributed by atoms with van der Waals surface area (Å²) in [5.41, 5.74) is 2.93. The summed E-state index contributed by atoms with van der Waals surface area (Å²) in [6.45, 7) is 1.48. The topological polar surface area (TPSA) is 85.7 Å². The van der Waals surface area contributed by atoms with Crippen LogP contribution in [0.1, 0.15) is 39.6 Å². The fraction of sp³-hybridized carbons (Fsp3) is 0.353. The quantitative estimate of drug-likeness (QED) is 0.231. The first-order valence-corrected chi connectivity index (χ1v) is 15.3. The van der Waals surface area contributed by atoms with Gasteiger partial charge in [0.05, 0.1) is 37.4 Å². The van der Waals surface area contributed by atoms with Crippen molar-refractivity contribution in [1.82, 2.24) is 14.0 Å². The number of para-hydroxylation sites is 1. The molecule has 2 heterocycles. The SMILES string of the molecule is COc1ccccc1C(N)Cn1c(=O)c(N2CCN(Cc3cccc(C(F)(F)F)c3)CC2)c(C)n(Cc2c(F)cccc2C(F)(F)F)c1=O. The second-order valence-corrected chi connectivity index (χ2v) is 11.8. The Kier molecular flexibility index (Phi) is 10.2. The van der Waals surface area contributed by atoms with Gasteiger partial charge in [-0.05, 0) is 36.8 Å². The summed E-state index contributed by atoms with van der Waals surface area (Å²) in [5.74, 6) is -0.775.